The first-order valence-electron chi connectivity index (χ1n) is 4.37. The molecule has 0 aromatic carbocycles. The van der Waals surface area contributed by atoms with E-state index in [-0.39, 0.29) is 0 Å². The van der Waals surface area contributed by atoms with Crippen LogP contribution in [0.2, 0.25) is 0 Å². The van der Waals surface area contributed by atoms with Gasteiger partial charge in [0.2, 0.25) is 6.29 Å². The molecule has 0 rings (SSSR count). The number of aliphatic carboxylic acids is 1. The molecule has 0 aromatic heterocycles. The van der Waals surface area contributed by atoms with Gasteiger partial charge in [-0.3, -0.25) is 0 Å². The lowest BCUT2D eigenvalue weighted by atomic mass is 10.3. The second-order valence-electron chi connectivity index (χ2n) is 2.56. The highest BCUT2D eigenvalue weighted by Gasteiger charge is 2.04. The Bertz CT molecular complexity index is 268. The van der Waals surface area contributed by atoms with Crippen molar-refractivity contribution in [1.82, 2.24) is 0 Å². The molecule has 0 radical (unpaired) electrons. The predicted octanol–water partition coefficient (Wildman–Crippen LogP) is 0.0635. The van der Waals surface area contributed by atoms with E-state index in [2.05, 4.69) is 11.3 Å². The zero-order valence-electron chi connectivity index (χ0n) is 9.21. The first kappa shape index (κ1) is 16.8. The van der Waals surface area contributed by atoms with Crippen molar-refractivity contribution in [2.24, 2.45) is 0 Å². The van der Waals surface area contributed by atoms with Crippen molar-refractivity contribution in [3.8, 4) is 0 Å². The fourth-order valence-corrected chi connectivity index (χ4v) is 0.343. The molecule has 6 heteroatoms. The number of rotatable bonds is 4. The maximum absolute atomic E-state index is 10.2. The average Bonchev–Trinajstić information content (AvgIpc) is 2.28. The molecule has 0 spiro atoms. The molecule has 0 heterocycles. The molecule has 1 atom stereocenters. The Morgan fingerprint density at radius 3 is 2.19 bits per heavy atom. The fraction of sp³-hybridized carbons (Fsp3) is 0.400. The number of carboxylic acids is 1. The molecule has 0 aliphatic carbocycles. The Morgan fingerprint density at radius 2 is 2.00 bits per heavy atom. The van der Waals surface area contributed by atoms with Gasteiger partial charge < -0.3 is 20.1 Å². The molecular formula is C10H16O6. The monoisotopic (exact) mass is 232 g/mol. The molecule has 6 nitrogen and oxygen atoms in total. The molecule has 0 bridgehead atoms. The van der Waals surface area contributed by atoms with Crippen molar-refractivity contribution in [1.29, 1.82) is 0 Å². The number of allylic oxidation sites excluding steroid dienone is 1. The predicted molar refractivity (Wildman–Crippen MR) is 56.4 cm³/mol. The molecule has 0 saturated carbocycles. The van der Waals surface area contributed by atoms with E-state index in [9.17, 15) is 9.59 Å². The highest BCUT2D eigenvalue weighted by molar-refractivity contribution is 5.85. The van der Waals surface area contributed by atoms with Gasteiger partial charge >= 0.3 is 11.9 Å². The molecule has 16 heavy (non-hydrogen) atoms. The summed E-state index contributed by atoms with van der Waals surface area (Å²) in [6.45, 7) is 5.74. The van der Waals surface area contributed by atoms with Gasteiger partial charge in [0, 0.05) is 11.6 Å². The van der Waals surface area contributed by atoms with Crippen LogP contribution >= 0.6 is 0 Å². The summed E-state index contributed by atoms with van der Waals surface area (Å²) in [5, 5.41) is 24.6. The van der Waals surface area contributed by atoms with E-state index in [0.29, 0.717) is 5.57 Å². The van der Waals surface area contributed by atoms with Gasteiger partial charge in [-0.15, -0.1) is 0 Å². The normalized spacial score (nSPS) is 11.9. The van der Waals surface area contributed by atoms with E-state index >= 15 is 0 Å². The van der Waals surface area contributed by atoms with Gasteiger partial charge in [0.15, 0.2) is 0 Å². The number of esters is 1. The summed E-state index contributed by atoms with van der Waals surface area (Å²) in [6, 6.07) is 0. The Morgan fingerprint density at radius 1 is 1.50 bits per heavy atom. The van der Waals surface area contributed by atoms with Crippen LogP contribution in [-0.4, -0.2) is 40.2 Å². The number of carbonyl (C=O) groups is 2. The van der Waals surface area contributed by atoms with Gasteiger partial charge in [-0.25, -0.2) is 9.59 Å². The number of ether oxygens (including phenoxy) is 1. The van der Waals surface area contributed by atoms with E-state index in [4.69, 9.17) is 15.3 Å². The summed E-state index contributed by atoms with van der Waals surface area (Å²) >= 11 is 0. The van der Waals surface area contributed by atoms with Crippen LogP contribution < -0.4 is 0 Å². The third-order valence-corrected chi connectivity index (χ3v) is 1.35. The Hall–Kier alpha value is -1.66. The Kier molecular flexibility index (Phi) is 10.3. The first-order chi connectivity index (χ1) is 7.38. The van der Waals surface area contributed by atoms with Gasteiger partial charge in [0.25, 0.3) is 0 Å². The van der Waals surface area contributed by atoms with E-state index in [1.165, 1.54) is 0 Å². The van der Waals surface area contributed by atoms with Crippen molar-refractivity contribution in [2.75, 3.05) is 6.61 Å². The number of carboxylic acid groups (broad SMARTS) is 1. The molecule has 0 amide bonds. The first-order valence-corrected chi connectivity index (χ1v) is 4.37. The quantitative estimate of drug-likeness (QED) is 0.360. The highest BCUT2D eigenvalue weighted by Crippen LogP contribution is 1.87. The molecule has 0 aromatic rings. The van der Waals surface area contributed by atoms with Crippen LogP contribution in [0.25, 0.3) is 0 Å². The second-order valence-corrected chi connectivity index (χ2v) is 2.56. The minimum absolute atomic E-state index is 0.389. The van der Waals surface area contributed by atoms with E-state index < -0.39 is 24.8 Å². The number of hydrogen-bond donors (Lipinski definition) is 3. The van der Waals surface area contributed by atoms with Crippen LogP contribution in [-0.2, 0) is 14.3 Å². The number of aliphatic hydroxyl groups is 2. The van der Waals surface area contributed by atoms with Gasteiger partial charge in [0.1, 0.15) is 6.61 Å². The lowest BCUT2D eigenvalue weighted by molar-refractivity contribution is -0.167. The lowest BCUT2D eigenvalue weighted by Gasteiger charge is -2.04. The van der Waals surface area contributed by atoms with Crippen LogP contribution in [0.1, 0.15) is 13.8 Å². The average molecular weight is 232 g/mol. The van der Waals surface area contributed by atoms with Crippen LogP contribution in [0.3, 0.4) is 0 Å². The van der Waals surface area contributed by atoms with E-state index in [1.54, 1.807) is 19.9 Å². The van der Waals surface area contributed by atoms with Crippen LogP contribution in [0, 0.1) is 0 Å². The number of hydrogen-bond acceptors (Lipinski definition) is 5. The maximum Gasteiger partial charge on any atom is 0.332 e. The molecule has 0 aliphatic rings. The highest BCUT2D eigenvalue weighted by atomic mass is 16.6. The van der Waals surface area contributed by atoms with Crippen LogP contribution in [0.5, 0.6) is 0 Å². The fourth-order valence-electron chi connectivity index (χ4n) is 0.343. The van der Waals surface area contributed by atoms with Gasteiger partial charge in [-0.05, 0) is 13.8 Å². The van der Waals surface area contributed by atoms with Crippen molar-refractivity contribution in [3.63, 3.8) is 0 Å². The van der Waals surface area contributed by atoms with E-state index in [1.807, 2.05) is 0 Å². The third-order valence-electron chi connectivity index (χ3n) is 1.35. The molecule has 0 aliphatic heterocycles. The minimum Gasteiger partial charge on any atom is -0.478 e. The molecule has 0 saturated heterocycles. The zero-order valence-corrected chi connectivity index (χ0v) is 9.21. The van der Waals surface area contributed by atoms with Gasteiger partial charge in [-0.2, -0.15) is 0 Å². The molecule has 92 valence electrons. The lowest BCUT2D eigenvalue weighted by Crippen LogP contribution is -2.19. The van der Waals surface area contributed by atoms with Gasteiger partial charge in [-0.1, -0.05) is 12.7 Å². The van der Waals surface area contributed by atoms with Crippen molar-refractivity contribution < 1.29 is 29.6 Å². The topological polar surface area (TPSA) is 104 Å². The summed E-state index contributed by atoms with van der Waals surface area (Å²) in [5.74, 6) is -1.60. The van der Waals surface area contributed by atoms with E-state index in [0.717, 1.165) is 6.08 Å². The third kappa shape index (κ3) is 10.4. The van der Waals surface area contributed by atoms with Crippen LogP contribution in [0.4, 0.5) is 0 Å². The van der Waals surface area contributed by atoms with Crippen molar-refractivity contribution in [3.05, 3.63) is 24.3 Å². The molecular weight excluding hydrogens is 216 g/mol. The minimum atomic E-state index is -1.43. The summed E-state index contributed by atoms with van der Waals surface area (Å²) < 4.78 is 4.10. The summed E-state index contributed by atoms with van der Waals surface area (Å²) in [4.78, 5) is 20.0. The van der Waals surface area contributed by atoms with Gasteiger partial charge in [0.05, 0.1) is 0 Å². The molecule has 3 N–H and O–H groups in total. The number of aliphatic hydroxyl groups excluding tert-OH is 2. The maximum atomic E-state index is 10.2. The Balaban J connectivity index is 0. The van der Waals surface area contributed by atoms with Crippen molar-refractivity contribution >= 4 is 11.9 Å². The molecule has 1 unspecified atom stereocenters. The smallest absolute Gasteiger partial charge is 0.332 e. The second kappa shape index (κ2) is 9.88. The summed E-state index contributed by atoms with van der Waals surface area (Å²) in [6.07, 6.45) is 1.02. The SMILES string of the molecule is C=CC(=O)OC(O)CO.CC=C(C)C(=O)O. The van der Waals surface area contributed by atoms with Crippen LogP contribution in [0.15, 0.2) is 24.3 Å². The Labute approximate surface area is 93.5 Å². The standard InChI is InChI=1S/C5H8O4.C5H8O2/c1-2-4(7)9-5(8)3-6;1-3-4(2)5(6)7/h2,5-6,8H,1,3H2;3H,1-2H3,(H,6,7). The molecule has 0 fully saturated rings. The summed E-state index contributed by atoms with van der Waals surface area (Å²) in [5.41, 5.74) is 0.389. The zero-order chi connectivity index (χ0) is 13.1. The number of carbonyl (C=O) groups excluding carboxylic acids is 1. The van der Waals surface area contributed by atoms with Crippen molar-refractivity contribution in [2.45, 2.75) is 20.1 Å². The largest absolute Gasteiger partial charge is 0.478 e. The summed E-state index contributed by atoms with van der Waals surface area (Å²) in [7, 11) is 0.